The Morgan fingerprint density at radius 2 is 2.16 bits per heavy atom. The molecule has 1 heterocycles. The van der Waals surface area contributed by atoms with Crippen molar-refractivity contribution in [3.63, 3.8) is 0 Å². The molecule has 0 amide bonds. The van der Waals surface area contributed by atoms with E-state index >= 15 is 0 Å². The molecule has 2 rings (SSSR count). The van der Waals surface area contributed by atoms with Crippen LogP contribution in [0.5, 0.6) is 0 Å². The lowest BCUT2D eigenvalue weighted by molar-refractivity contribution is -0.145. The molecule has 1 fully saturated rings. The highest BCUT2D eigenvalue weighted by Gasteiger charge is 2.39. The first-order valence-electron chi connectivity index (χ1n) is 6.32. The maximum Gasteiger partial charge on any atom is 0.310 e. The number of hydrogen-bond acceptors (Lipinski definition) is 3. The lowest BCUT2D eigenvalue weighted by Crippen LogP contribution is -2.24. The smallest absolute Gasteiger partial charge is 0.310 e. The first kappa shape index (κ1) is 13.9. The molecular formula is C14H17F2NO2. The van der Waals surface area contributed by atoms with Crippen molar-refractivity contribution in [1.82, 2.24) is 4.90 Å². The second-order valence-corrected chi connectivity index (χ2v) is 4.75. The minimum atomic E-state index is -0.610. The molecule has 0 N–H and O–H groups in total. The lowest BCUT2D eigenvalue weighted by Gasteiger charge is -2.17. The number of likely N-dealkylation sites (N-methyl/N-ethyl adjacent to an activating group) is 1. The maximum atomic E-state index is 13.9. The molecule has 1 saturated heterocycles. The molecule has 0 bridgehead atoms. The van der Waals surface area contributed by atoms with Gasteiger partial charge in [-0.05, 0) is 18.2 Å². The van der Waals surface area contributed by atoms with Crippen molar-refractivity contribution in [3.05, 3.63) is 35.4 Å². The number of benzene rings is 1. The van der Waals surface area contributed by atoms with Crippen molar-refractivity contribution in [2.24, 2.45) is 5.92 Å². The van der Waals surface area contributed by atoms with Crippen LogP contribution in [0.25, 0.3) is 0 Å². The van der Waals surface area contributed by atoms with E-state index in [0.717, 1.165) is 12.6 Å². The number of carbonyl (C=O) groups excluding carboxylic acids is 1. The number of halogens is 2. The molecule has 0 unspecified atom stereocenters. The molecule has 2 atom stereocenters. The summed E-state index contributed by atoms with van der Waals surface area (Å²) in [7, 11) is 1.33. The Kier molecular flexibility index (Phi) is 4.14. The van der Waals surface area contributed by atoms with Crippen LogP contribution in [0.4, 0.5) is 8.78 Å². The van der Waals surface area contributed by atoms with E-state index in [-0.39, 0.29) is 11.9 Å². The highest BCUT2D eigenvalue weighted by molar-refractivity contribution is 5.74. The first-order valence-corrected chi connectivity index (χ1v) is 6.32. The van der Waals surface area contributed by atoms with E-state index in [2.05, 4.69) is 4.90 Å². The van der Waals surface area contributed by atoms with Gasteiger partial charge in [0.15, 0.2) is 0 Å². The third-order valence-electron chi connectivity index (χ3n) is 3.71. The molecule has 0 radical (unpaired) electrons. The molecule has 0 aromatic heterocycles. The van der Waals surface area contributed by atoms with Crippen molar-refractivity contribution in [1.29, 1.82) is 0 Å². The van der Waals surface area contributed by atoms with Gasteiger partial charge in [0.1, 0.15) is 11.6 Å². The lowest BCUT2D eigenvalue weighted by atomic mass is 9.88. The summed E-state index contributed by atoms with van der Waals surface area (Å²) in [6.07, 6.45) is 0. The van der Waals surface area contributed by atoms with Gasteiger partial charge in [0.25, 0.3) is 0 Å². The number of rotatable bonds is 3. The van der Waals surface area contributed by atoms with E-state index in [1.54, 1.807) is 0 Å². The van der Waals surface area contributed by atoms with Gasteiger partial charge in [-0.15, -0.1) is 0 Å². The molecular weight excluding hydrogens is 252 g/mol. The summed E-state index contributed by atoms with van der Waals surface area (Å²) in [4.78, 5) is 13.9. The van der Waals surface area contributed by atoms with Gasteiger partial charge in [-0.25, -0.2) is 8.78 Å². The zero-order valence-electron chi connectivity index (χ0n) is 11.0. The Labute approximate surface area is 111 Å². The topological polar surface area (TPSA) is 29.5 Å². The number of nitrogens with zero attached hydrogens (tertiary/aromatic N) is 1. The third-order valence-corrected chi connectivity index (χ3v) is 3.71. The number of methoxy groups -OCH3 is 1. The standard InChI is InChI=1S/C14H17F2NO2/c1-3-17-7-11(12(8-17)14(18)19-2)10-5-4-9(15)6-13(10)16/h4-6,11-12H,3,7-8H2,1-2H3/t11-,12-/m1/s1. The Morgan fingerprint density at radius 3 is 2.74 bits per heavy atom. The Hall–Kier alpha value is -1.49. The predicted molar refractivity (Wildman–Crippen MR) is 66.7 cm³/mol. The fourth-order valence-corrected chi connectivity index (χ4v) is 2.65. The number of esters is 1. The number of hydrogen-bond donors (Lipinski definition) is 0. The molecule has 1 aliphatic rings. The van der Waals surface area contributed by atoms with Gasteiger partial charge in [0.2, 0.25) is 0 Å². The van der Waals surface area contributed by atoms with Gasteiger partial charge in [-0.1, -0.05) is 13.0 Å². The zero-order chi connectivity index (χ0) is 14.0. The van der Waals surface area contributed by atoms with E-state index in [4.69, 9.17) is 4.74 Å². The molecule has 3 nitrogen and oxygen atoms in total. The van der Waals surface area contributed by atoms with Crippen molar-refractivity contribution in [2.45, 2.75) is 12.8 Å². The van der Waals surface area contributed by atoms with Gasteiger partial charge in [-0.2, -0.15) is 0 Å². The zero-order valence-corrected chi connectivity index (χ0v) is 11.0. The summed E-state index contributed by atoms with van der Waals surface area (Å²) in [6.45, 7) is 3.90. The molecule has 0 saturated carbocycles. The fraction of sp³-hybridized carbons (Fsp3) is 0.500. The van der Waals surface area contributed by atoms with Crippen LogP contribution in [0.15, 0.2) is 18.2 Å². The van der Waals surface area contributed by atoms with Crippen molar-refractivity contribution >= 4 is 5.97 Å². The molecule has 104 valence electrons. The summed E-state index contributed by atoms with van der Waals surface area (Å²) < 4.78 is 31.6. The Balaban J connectivity index is 2.32. The minimum Gasteiger partial charge on any atom is -0.469 e. The van der Waals surface area contributed by atoms with Crippen molar-refractivity contribution < 1.29 is 18.3 Å². The van der Waals surface area contributed by atoms with E-state index in [1.165, 1.54) is 19.2 Å². The second-order valence-electron chi connectivity index (χ2n) is 4.75. The van der Waals surface area contributed by atoms with Crippen LogP contribution in [0.1, 0.15) is 18.4 Å². The Bertz CT molecular complexity index is 479. The Morgan fingerprint density at radius 1 is 1.42 bits per heavy atom. The largest absolute Gasteiger partial charge is 0.469 e. The molecule has 0 spiro atoms. The van der Waals surface area contributed by atoms with Crippen LogP contribution in [0.2, 0.25) is 0 Å². The van der Waals surface area contributed by atoms with Crippen LogP contribution in [-0.2, 0) is 9.53 Å². The van der Waals surface area contributed by atoms with Gasteiger partial charge in [0, 0.05) is 25.1 Å². The summed E-state index contributed by atoms with van der Waals surface area (Å²) in [5.74, 6) is -2.24. The van der Waals surface area contributed by atoms with Gasteiger partial charge < -0.3 is 9.64 Å². The average molecular weight is 269 g/mol. The van der Waals surface area contributed by atoms with E-state index < -0.39 is 17.6 Å². The number of carbonyl (C=O) groups is 1. The summed E-state index contributed by atoms with van der Waals surface area (Å²) in [5, 5.41) is 0. The average Bonchev–Trinajstić information content (AvgIpc) is 2.82. The molecule has 0 aliphatic carbocycles. The number of likely N-dealkylation sites (tertiary alicyclic amines) is 1. The predicted octanol–water partition coefficient (Wildman–Crippen LogP) is 2.17. The fourth-order valence-electron chi connectivity index (χ4n) is 2.65. The maximum absolute atomic E-state index is 13.9. The highest BCUT2D eigenvalue weighted by atomic mass is 19.1. The van der Waals surface area contributed by atoms with Gasteiger partial charge in [0.05, 0.1) is 13.0 Å². The number of ether oxygens (including phenoxy) is 1. The van der Waals surface area contributed by atoms with Crippen LogP contribution >= 0.6 is 0 Å². The first-order chi connectivity index (χ1) is 9.06. The highest BCUT2D eigenvalue weighted by Crippen LogP contribution is 2.34. The quantitative estimate of drug-likeness (QED) is 0.788. The van der Waals surface area contributed by atoms with E-state index in [0.29, 0.717) is 18.7 Å². The summed E-state index contributed by atoms with van der Waals surface area (Å²) in [5.41, 5.74) is 0.382. The second kappa shape index (κ2) is 5.65. The van der Waals surface area contributed by atoms with Crippen LogP contribution in [-0.4, -0.2) is 37.6 Å². The van der Waals surface area contributed by atoms with Crippen LogP contribution in [0, 0.1) is 17.6 Å². The summed E-state index contributed by atoms with van der Waals surface area (Å²) in [6, 6.07) is 3.50. The van der Waals surface area contributed by atoms with Crippen molar-refractivity contribution in [2.75, 3.05) is 26.7 Å². The van der Waals surface area contributed by atoms with Crippen molar-refractivity contribution in [3.8, 4) is 0 Å². The molecule has 1 aromatic carbocycles. The molecule has 1 aliphatic heterocycles. The molecule has 19 heavy (non-hydrogen) atoms. The minimum absolute atomic E-state index is 0.284. The summed E-state index contributed by atoms with van der Waals surface area (Å²) >= 11 is 0. The van der Waals surface area contributed by atoms with E-state index in [1.807, 2.05) is 6.92 Å². The normalized spacial score (nSPS) is 23.6. The van der Waals surface area contributed by atoms with Crippen LogP contribution < -0.4 is 0 Å². The van der Waals surface area contributed by atoms with Crippen LogP contribution in [0.3, 0.4) is 0 Å². The monoisotopic (exact) mass is 269 g/mol. The molecule has 5 heteroatoms. The van der Waals surface area contributed by atoms with Gasteiger partial charge in [-0.3, -0.25) is 4.79 Å². The van der Waals surface area contributed by atoms with E-state index in [9.17, 15) is 13.6 Å². The third kappa shape index (κ3) is 2.76. The molecule has 1 aromatic rings. The SMILES string of the molecule is CCN1C[C@H](c2ccc(F)cc2F)[C@H](C(=O)OC)C1. The van der Waals surface area contributed by atoms with Gasteiger partial charge >= 0.3 is 5.97 Å².